The SMILES string of the molecule is CC(=O)c1nnnn1-c1cccc(Cl)c1. The molecular formula is C9H7ClN4O. The molecule has 76 valence electrons. The number of tetrazole rings is 1. The number of nitrogens with zero attached hydrogens (tertiary/aromatic N) is 4. The Morgan fingerprint density at radius 3 is 2.93 bits per heavy atom. The van der Waals surface area contributed by atoms with Gasteiger partial charge < -0.3 is 0 Å². The number of benzene rings is 1. The number of Topliss-reactive ketones (excluding diaryl/α,β-unsaturated/α-hetero) is 1. The molecule has 6 heteroatoms. The molecule has 0 amide bonds. The number of hydrogen-bond donors (Lipinski definition) is 0. The first-order valence-corrected chi connectivity index (χ1v) is 4.61. The number of aromatic nitrogens is 4. The largest absolute Gasteiger partial charge is 0.291 e. The van der Waals surface area contributed by atoms with Crippen molar-refractivity contribution >= 4 is 17.4 Å². The van der Waals surface area contributed by atoms with Gasteiger partial charge in [0.25, 0.3) is 0 Å². The lowest BCUT2D eigenvalue weighted by atomic mass is 10.3. The summed E-state index contributed by atoms with van der Waals surface area (Å²) in [5.41, 5.74) is 0.665. The summed E-state index contributed by atoms with van der Waals surface area (Å²) in [6, 6.07) is 6.96. The predicted molar refractivity (Wildman–Crippen MR) is 54.2 cm³/mol. The fourth-order valence-corrected chi connectivity index (χ4v) is 1.37. The van der Waals surface area contributed by atoms with Gasteiger partial charge in [0, 0.05) is 11.9 Å². The average Bonchev–Trinajstić information content (AvgIpc) is 2.65. The number of rotatable bonds is 2. The van der Waals surface area contributed by atoms with E-state index < -0.39 is 0 Å². The van der Waals surface area contributed by atoms with Crippen LogP contribution in [0, 0.1) is 0 Å². The molecule has 0 fully saturated rings. The Balaban J connectivity index is 2.54. The molecule has 0 spiro atoms. The second-order valence-corrected chi connectivity index (χ2v) is 3.39. The van der Waals surface area contributed by atoms with E-state index in [0.717, 1.165) is 0 Å². The molecule has 1 heterocycles. The van der Waals surface area contributed by atoms with Crippen LogP contribution in [-0.4, -0.2) is 26.0 Å². The van der Waals surface area contributed by atoms with Crippen molar-refractivity contribution in [1.82, 2.24) is 20.2 Å². The minimum absolute atomic E-state index is 0.192. The summed E-state index contributed by atoms with van der Waals surface area (Å²) < 4.78 is 1.36. The van der Waals surface area contributed by atoms with E-state index in [1.165, 1.54) is 11.6 Å². The highest BCUT2D eigenvalue weighted by molar-refractivity contribution is 6.30. The molecule has 15 heavy (non-hydrogen) atoms. The highest BCUT2D eigenvalue weighted by Crippen LogP contribution is 2.14. The van der Waals surface area contributed by atoms with Crippen molar-refractivity contribution in [1.29, 1.82) is 0 Å². The van der Waals surface area contributed by atoms with E-state index in [2.05, 4.69) is 15.5 Å². The van der Waals surface area contributed by atoms with Gasteiger partial charge in [0.05, 0.1) is 5.69 Å². The van der Waals surface area contributed by atoms with Crippen LogP contribution in [0.1, 0.15) is 17.5 Å². The minimum Gasteiger partial charge on any atom is -0.291 e. The van der Waals surface area contributed by atoms with Gasteiger partial charge in [-0.3, -0.25) is 4.79 Å². The van der Waals surface area contributed by atoms with E-state index in [0.29, 0.717) is 10.7 Å². The summed E-state index contributed by atoms with van der Waals surface area (Å²) in [7, 11) is 0. The van der Waals surface area contributed by atoms with Gasteiger partial charge in [-0.25, -0.2) is 0 Å². The predicted octanol–water partition coefficient (Wildman–Crippen LogP) is 1.52. The van der Waals surface area contributed by atoms with E-state index in [4.69, 9.17) is 11.6 Å². The Kier molecular flexibility index (Phi) is 2.47. The van der Waals surface area contributed by atoms with E-state index in [-0.39, 0.29) is 11.6 Å². The van der Waals surface area contributed by atoms with Crippen molar-refractivity contribution in [2.24, 2.45) is 0 Å². The Labute approximate surface area is 90.7 Å². The Morgan fingerprint density at radius 1 is 1.47 bits per heavy atom. The first kappa shape index (κ1) is 9.79. The zero-order chi connectivity index (χ0) is 10.8. The Hall–Kier alpha value is -1.75. The van der Waals surface area contributed by atoms with Gasteiger partial charge in [0.2, 0.25) is 5.82 Å². The Morgan fingerprint density at radius 2 is 2.27 bits per heavy atom. The molecule has 2 aromatic rings. The monoisotopic (exact) mass is 222 g/mol. The lowest BCUT2D eigenvalue weighted by Crippen LogP contribution is -2.07. The molecule has 0 saturated carbocycles. The van der Waals surface area contributed by atoms with Crippen LogP contribution in [0.3, 0.4) is 0 Å². The second-order valence-electron chi connectivity index (χ2n) is 2.95. The normalized spacial score (nSPS) is 10.3. The Bertz CT molecular complexity index is 508. The van der Waals surface area contributed by atoms with Crippen LogP contribution in [0.4, 0.5) is 0 Å². The van der Waals surface area contributed by atoms with E-state index >= 15 is 0 Å². The zero-order valence-electron chi connectivity index (χ0n) is 7.88. The molecule has 0 N–H and O–H groups in total. The van der Waals surface area contributed by atoms with Crippen molar-refractivity contribution in [3.8, 4) is 5.69 Å². The topological polar surface area (TPSA) is 60.7 Å². The third-order valence-corrected chi connectivity index (χ3v) is 2.07. The summed E-state index contributed by atoms with van der Waals surface area (Å²) in [5.74, 6) is -0.00255. The molecule has 1 aromatic carbocycles. The molecule has 1 aromatic heterocycles. The molecule has 0 unspecified atom stereocenters. The fraction of sp³-hybridized carbons (Fsp3) is 0.111. The van der Waals surface area contributed by atoms with Crippen molar-refractivity contribution in [2.45, 2.75) is 6.92 Å². The zero-order valence-corrected chi connectivity index (χ0v) is 8.64. The van der Waals surface area contributed by atoms with Gasteiger partial charge in [-0.15, -0.1) is 5.10 Å². The summed E-state index contributed by atoms with van der Waals surface area (Å²) in [5, 5.41) is 11.4. The number of ketones is 1. The number of carbonyl (C=O) groups is 1. The van der Waals surface area contributed by atoms with Crippen LogP contribution >= 0.6 is 11.6 Å². The third-order valence-electron chi connectivity index (χ3n) is 1.84. The molecule has 0 aliphatic rings. The lowest BCUT2D eigenvalue weighted by molar-refractivity contribution is 0.100. The first-order chi connectivity index (χ1) is 7.18. The molecule has 0 atom stereocenters. The maximum absolute atomic E-state index is 11.2. The number of hydrogen-bond acceptors (Lipinski definition) is 4. The highest BCUT2D eigenvalue weighted by atomic mass is 35.5. The molecule has 0 radical (unpaired) electrons. The molecule has 0 aliphatic heterocycles. The van der Waals surface area contributed by atoms with Crippen molar-refractivity contribution in [2.75, 3.05) is 0 Å². The molecule has 0 saturated heterocycles. The van der Waals surface area contributed by atoms with E-state index in [1.807, 2.05) is 0 Å². The maximum Gasteiger partial charge on any atom is 0.222 e. The second kappa shape index (κ2) is 3.78. The summed E-state index contributed by atoms with van der Waals surface area (Å²) in [6.07, 6.45) is 0. The summed E-state index contributed by atoms with van der Waals surface area (Å²) in [4.78, 5) is 11.2. The molecule has 2 rings (SSSR count). The summed E-state index contributed by atoms with van der Waals surface area (Å²) in [6.45, 7) is 1.41. The third kappa shape index (κ3) is 1.87. The first-order valence-electron chi connectivity index (χ1n) is 4.24. The van der Waals surface area contributed by atoms with Crippen molar-refractivity contribution in [3.63, 3.8) is 0 Å². The van der Waals surface area contributed by atoms with Crippen LogP contribution in [0.25, 0.3) is 5.69 Å². The van der Waals surface area contributed by atoms with Crippen molar-refractivity contribution in [3.05, 3.63) is 35.1 Å². The number of carbonyl (C=O) groups excluding carboxylic acids is 1. The van der Waals surface area contributed by atoms with Crippen molar-refractivity contribution < 1.29 is 4.79 Å². The molecule has 5 nitrogen and oxygen atoms in total. The smallest absolute Gasteiger partial charge is 0.222 e. The van der Waals surface area contributed by atoms with Gasteiger partial charge >= 0.3 is 0 Å². The van der Waals surface area contributed by atoms with Gasteiger partial charge in [-0.1, -0.05) is 17.7 Å². The molecule has 0 aliphatic carbocycles. The van der Waals surface area contributed by atoms with Crippen LogP contribution < -0.4 is 0 Å². The quantitative estimate of drug-likeness (QED) is 0.723. The summed E-state index contributed by atoms with van der Waals surface area (Å²) >= 11 is 5.83. The number of halogens is 1. The molecule has 0 bridgehead atoms. The van der Waals surface area contributed by atoms with Crippen LogP contribution in [0.5, 0.6) is 0 Å². The van der Waals surface area contributed by atoms with Crippen LogP contribution in [0.15, 0.2) is 24.3 Å². The van der Waals surface area contributed by atoms with Crippen LogP contribution in [0.2, 0.25) is 5.02 Å². The van der Waals surface area contributed by atoms with Crippen LogP contribution in [-0.2, 0) is 0 Å². The lowest BCUT2D eigenvalue weighted by Gasteiger charge is -2.01. The maximum atomic E-state index is 11.2. The fourth-order valence-electron chi connectivity index (χ4n) is 1.19. The van der Waals surface area contributed by atoms with E-state index in [9.17, 15) is 4.79 Å². The van der Waals surface area contributed by atoms with Gasteiger partial charge in [-0.2, -0.15) is 4.68 Å². The highest BCUT2D eigenvalue weighted by Gasteiger charge is 2.12. The molecular weight excluding hydrogens is 216 g/mol. The standard InChI is InChI=1S/C9H7ClN4O/c1-6(15)9-11-12-13-14(9)8-4-2-3-7(10)5-8/h2-5H,1H3. The van der Waals surface area contributed by atoms with E-state index in [1.54, 1.807) is 24.3 Å². The van der Waals surface area contributed by atoms with Gasteiger partial charge in [0.1, 0.15) is 0 Å². The van der Waals surface area contributed by atoms with Gasteiger partial charge in [-0.05, 0) is 28.6 Å². The average molecular weight is 223 g/mol. The minimum atomic E-state index is -0.194. The van der Waals surface area contributed by atoms with Gasteiger partial charge in [0.15, 0.2) is 5.78 Å².